The van der Waals surface area contributed by atoms with Crippen LogP contribution in [0.2, 0.25) is 0 Å². The zero-order valence-corrected chi connectivity index (χ0v) is 17.0. The minimum atomic E-state index is -4.41. The van der Waals surface area contributed by atoms with Crippen LogP contribution in [0.4, 0.5) is 13.2 Å². The normalized spacial score (nSPS) is 16.5. The van der Waals surface area contributed by atoms with Crippen molar-refractivity contribution in [2.24, 2.45) is 4.99 Å². The molecule has 9 heteroatoms. The summed E-state index contributed by atoms with van der Waals surface area (Å²) in [5, 5.41) is 6.36. The standard InChI is InChI=1S/C20H30F3N5O/c1-3-24-19(25-13-18(29)27(2)15-20(21,22)23)26-17-9-11-28(12-10-17)14-16-7-5-4-6-8-16/h4-8,17H,3,9-15H2,1-2H3,(H2,24,25,26). The molecule has 2 N–H and O–H groups in total. The van der Waals surface area contributed by atoms with Crippen molar-refractivity contribution >= 4 is 11.9 Å². The molecule has 2 rings (SSSR count). The van der Waals surface area contributed by atoms with Gasteiger partial charge in [0.15, 0.2) is 5.96 Å². The Morgan fingerprint density at radius 3 is 2.48 bits per heavy atom. The van der Waals surface area contributed by atoms with Crippen LogP contribution in [0.25, 0.3) is 0 Å². The van der Waals surface area contributed by atoms with Gasteiger partial charge in [-0.25, -0.2) is 4.99 Å². The first-order chi connectivity index (χ1) is 13.8. The number of likely N-dealkylation sites (tertiary alicyclic amines) is 1. The lowest BCUT2D eigenvalue weighted by Crippen LogP contribution is -2.49. The number of rotatable bonds is 7. The fraction of sp³-hybridized carbons (Fsp3) is 0.600. The van der Waals surface area contributed by atoms with E-state index in [-0.39, 0.29) is 12.6 Å². The molecule has 0 spiro atoms. The zero-order valence-electron chi connectivity index (χ0n) is 17.0. The average Bonchev–Trinajstić information content (AvgIpc) is 2.67. The highest BCUT2D eigenvalue weighted by atomic mass is 19.4. The summed E-state index contributed by atoms with van der Waals surface area (Å²) < 4.78 is 37.2. The molecule has 0 unspecified atom stereocenters. The molecule has 0 saturated carbocycles. The number of nitrogens with one attached hydrogen (secondary N) is 2. The molecule has 1 aromatic rings. The molecule has 1 fully saturated rings. The smallest absolute Gasteiger partial charge is 0.357 e. The van der Waals surface area contributed by atoms with Gasteiger partial charge in [-0.05, 0) is 25.3 Å². The number of carbonyl (C=O) groups is 1. The Labute approximate surface area is 170 Å². The number of alkyl halides is 3. The highest BCUT2D eigenvalue weighted by Gasteiger charge is 2.31. The Hall–Kier alpha value is -2.29. The molecule has 0 atom stereocenters. The lowest BCUT2D eigenvalue weighted by molar-refractivity contribution is -0.157. The summed E-state index contributed by atoms with van der Waals surface area (Å²) in [4.78, 5) is 19.1. The Bertz CT molecular complexity index is 658. The molecule has 1 aliphatic heterocycles. The average molecular weight is 413 g/mol. The minimum Gasteiger partial charge on any atom is -0.357 e. The molecule has 0 aliphatic carbocycles. The quantitative estimate of drug-likeness (QED) is 0.532. The molecule has 6 nitrogen and oxygen atoms in total. The fourth-order valence-electron chi connectivity index (χ4n) is 3.21. The highest BCUT2D eigenvalue weighted by molar-refractivity contribution is 5.85. The minimum absolute atomic E-state index is 0.211. The lowest BCUT2D eigenvalue weighted by Gasteiger charge is -2.33. The Kier molecular flexibility index (Phi) is 8.75. The number of carbonyl (C=O) groups excluding carboxylic acids is 1. The van der Waals surface area contributed by atoms with E-state index < -0.39 is 18.6 Å². The second-order valence-electron chi connectivity index (χ2n) is 7.24. The SMILES string of the molecule is CCNC(=NCC(=O)N(C)CC(F)(F)F)NC1CCN(Cc2ccccc2)CC1. The third-order valence-corrected chi connectivity index (χ3v) is 4.74. The molecule has 0 radical (unpaired) electrons. The summed E-state index contributed by atoms with van der Waals surface area (Å²) in [6, 6.07) is 10.5. The molecular weight excluding hydrogens is 383 g/mol. The van der Waals surface area contributed by atoms with E-state index in [0.717, 1.165) is 39.5 Å². The van der Waals surface area contributed by atoms with Crippen molar-refractivity contribution in [2.45, 2.75) is 38.5 Å². The van der Waals surface area contributed by atoms with Crippen LogP contribution < -0.4 is 10.6 Å². The van der Waals surface area contributed by atoms with Gasteiger partial charge < -0.3 is 15.5 Å². The van der Waals surface area contributed by atoms with E-state index in [2.05, 4.69) is 32.7 Å². The van der Waals surface area contributed by atoms with Crippen molar-refractivity contribution in [3.63, 3.8) is 0 Å². The number of aliphatic imine (C=N–C) groups is 1. The third-order valence-electron chi connectivity index (χ3n) is 4.74. The summed E-state index contributed by atoms with van der Waals surface area (Å²) in [5.41, 5.74) is 1.29. The van der Waals surface area contributed by atoms with Crippen LogP contribution >= 0.6 is 0 Å². The second kappa shape index (κ2) is 11.0. The monoisotopic (exact) mass is 413 g/mol. The van der Waals surface area contributed by atoms with E-state index in [4.69, 9.17) is 0 Å². The van der Waals surface area contributed by atoms with Gasteiger partial charge in [0.1, 0.15) is 13.1 Å². The molecule has 1 saturated heterocycles. The number of piperidine rings is 1. The molecule has 1 aromatic carbocycles. The molecule has 0 bridgehead atoms. The number of hydrogen-bond donors (Lipinski definition) is 2. The van der Waals surface area contributed by atoms with Crippen LogP contribution in [0.1, 0.15) is 25.3 Å². The maximum absolute atomic E-state index is 12.4. The van der Waals surface area contributed by atoms with Crippen molar-refractivity contribution in [1.82, 2.24) is 20.4 Å². The van der Waals surface area contributed by atoms with Crippen molar-refractivity contribution in [2.75, 3.05) is 39.8 Å². The van der Waals surface area contributed by atoms with Crippen LogP contribution in [0.5, 0.6) is 0 Å². The number of halogens is 3. The van der Waals surface area contributed by atoms with Crippen molar-refractivity contribution in [3.8, 4) is 0 Å². The number of likely N-dealkylation sites (N-methyl/N-ethyl adjacent to an activating group) is 1. The van der Waals surface area contributed by atoms with Gasteiger partial charge in [-0.3, -0.25) is 9.69 Å². The van der Waals surface area contributed by atoms with Crippen LogP contribution in [-0.4, -0.2) is 73.7 Å². The molecule has 1 aliphatic rings. The number of hydrogen-bond acceptors (Lipinski definition) is 3. The van der Waals surface area contributed by atoms with Gasteiger partial charge in [0.25, 0.3) is 0 Å². The Morgan fingerprint density at radius 1 is 1.24 bits per heavy atom. The maximum atomic E-state index is 12.4. The van der Waals surface area contributed by atoms with Crippen LogP contribution in [0.3, 0.4) is 0 Å². The topological polar surface area (TPSA) is 60.0 Å². The van der Waals surface area contributed by atoms with Gasteiger partial charge in [-0.2, -0.15) is 13.2 Å². The van der Waals surface area contributed by atoms with Gasteiger partial charge in [-0.1, -0.05) is 30.3 Å². The van der Waals surface area contributed by atoms with E-state index in [1.54, 1.807) is 0 Å². The number of amides is 1. The van der Waals surface area contributed by atoms with Gasteiger partial charge in [0.05, 0.1) is 0 Å². The molecule has 162 valence electrons. The van der Waals surface area contributed by atoms with Crippen LogP contribution in [0, 0.1) is 0 Å². The first-order valence-corrected chi connectivity index (χ1v) is 9.88. The highest BCUT2D eigenvalue weighted by Crippen LogP contribution is 2.16. The first kappa shape index (κ1) is 23.0. The van der Waals surface area contributed by atoms with Gasteiger partial charge in [-0.15, -0.1) is 0 Å². The van der Waals surface area contributed by atoms with Gasteiger partial charge >= 0.3 is 6.18 Å². The van der Waals surface area contributed by atoms with E-state index in [9.17, 15) is 18.0 Å². The van der Waals surface area contributed by atoms with Crippen LogP contribution in [-0.2, 0) is 11.3 Å². The molecule has 1 heterocycles. The van der Waals surface area contributed by atoms with Gasteiger partial charge in [0.2, 0.25) is 5.91 Å². The predicted molar refractivity (Wildman–Crippen MR) is 108 cm³/mol. The largest absolute Gasteiger partial charge is 0.406 e. The van der Waals surface area contributed by atoms with E-state index in [0.29, 0.717) is 17.4 Å². The van der Waals surface area contributed by atoms with Crippen molar-refractivity contribution < 1.29 is 18.0 Å². The van der Waals surface area contributed by atoms with E-state index in [1.807, 2.05) is 25.1 Å². The summed E-state index contributed by atoms with van der Waals surface area (Å²) >= 11 is 0. The molecule has 29 heavy (non-hydrogen) atoms. The van der Waals surface area contributed by atoms with Crippen LogP contribution in [0.15, 0.2) is 35.3 Å². The summed E-state index contributed by atoms with van der Waals surface area (Å²) in [6.45, 7) is 3.71. The van der Waals surface area contributed by atoms with Crippen molar-refractivity contribution in [3.05, 3.63) is 35.9 Å². The van der Waals surface area contributed by atoms with E-state index >= 15 is 0 Å². The predicted octanol–water partition coefficient (Wildman–Crippen LogP) is 2.23. The Morgan fingerprint density at radius 2 is 1.90 bits per heavy atom. The summed E-state index contributed by atoms with van der Waals surface area (Å²) in [6.07, 6.45) is -2.55. The number of benzene rings is 1. The fourth-order valence-corrected chi connectivity index (χ4v) is 3.21. The van der Waals surface area contributed by atoms with Crippen molar-refractivity contribution in [1.29, 1.82) is 0 Å². The second-order valence-corrected chi connectivity index (χ2v) is 7.24. The lowest BCUT2D eigenvalue weighted by atomic mass is 10.0. The Balaban J connectivity index is 1.81. The molecule has 1 amide bonds. The maximum Gasteiger partial charge on any atom is 0.406 e. The van der Waals surface area contributed by atoms with Gasteiger partial charge in [0, 0.05) is 39.3 Å². The number of nitrogens with zero attached hydrogens (tertiary/aromatic N) is 3. The number of guanidine groups is 1. The molecule has 0 aromatic heterocycles. The van der Waals surface area contributed by atoms with E-state index in [1.165, 1.54) is 5.56 Å². The first-order valence-electron chi connectivity index (χ1n) is 9.88. The summed E-state index contributed by atoms with van der Waals surface area (Å²) in [7, 11) is 1.13. The zero-order chi connectivity index (χ0) is 21.3. The summed E-state index contributed by atoms with van der Waals surface area (Å²) in [5.74, 6) is -0.208. The molecular formula is C20H30F3N5O. The third kappa shape index (κ3) is 8.72.